The van der Waals surface area contributed by atoms with E-state index in [1.54, 1.807) is 37.4 Å². The quantitative estimate of drug-likeness (QED) is 0.607. The maximum atomic E-state index is 13.2. The highest BCUT2D eigenvalue weighted by molar-refractivity contribution is 8.04. The molecule has 0 bridgehead atoms. The van der Waals surface area contributed by atoms with E-state index in [1.807, 2.05) is 54.6 Å². The molecule has 1 aliphatic heterocycles. The van der Waals surface area contributed by atoms with Gasteiger partial charge in [-0.1, -0.05) is 54.2 Å². The van der Waals surface area contributed by atoms with Crippen molar-refractivity contribution < 1.29 is 14.3 Å². The topological polar surface area (TPSA) is 58.6 Å². The van der Waals surface area contributed by atoms with Crippen LogP contribution in [0, 0.1) is 0 Å². The molecule has 0 atom stereocenters. The normalized spacial score (nSPS) is 13.8. The lowest BCUT2D eigenvalue weighted by molar-refractivity contribution is -0.120. The van der Waals surface area contributed by atoms with E-state index in [0.717, 1.165) is 4.90 Å². The van der Waals surface area contributed by atoms with Gasteiger partial charge >= 0.3 is 0 Å². The third-order valence-electron chi connectivity index (χ3n) is 4.36. The minimum absolute atomic E-state index is 0.251. The van der Waals surface area contributed by atoms with Gasteiger partial charge in [0.15, 0.2) is 0 Å². The van der Waals surface area contributed by atoms with Crippen molar-refractivity contribution in [3.05, 3.63) is 95.5 Å². The molecule has 0 aromatic heterocycles. The van der Waals surface area contributed by atoms with Crippen LogP contribution in [0.1, 0.15) is 0 Å². The molecular formula is C23H18N2O3S. The van der Waals surface area contributed by atoms with E-state index in [1.165, 1.54) is 16.7 Å². The molecule has 4 rings (SSSR count). The molecule has 6 heteroatoms. The van der Waals surface area contributed by atoms with Crippen LogP contribution < -0.4 is 15.0 Å². The number of methoxy groups -OCH3 is 1. The van der Waals surface area contributed by atoms with E-state index >= 15 is 0 Å². The van der Waals surface area contributed by atoms with Crippen molar-refractivity contribution in [2.45, 2.75) is 4.90 Å². The van der Waals surface area contributed by atoms with Crippen LogP contribution in [0.15, 0.2) is 100 Å². The van der Waals surface area contributed by atoms with Crippen LogP contribution in [-0.2, 0) is 9.59 Å². The lowest BCUT2D eigenvalue weighted by Crippen LogP contribution is -2.32. The number of amides is 2. The van der Waals surface area contributed by atoms with Crippen molar-refractivity contribution in [1.82, 2.24) is 0 Å². The van der Waals surface area contributed by atoms with Crippen LogP contribution in [0.5, 0.6) is 5.75 Å². The Kier molecular flexibility index (Phi) is 5.35. The molecule has 0 aliphatic carbocycles. The van der Waals surface area contributed by atoms with Crippen LogP contribution in [0.2, 0.25) is 0 Å². The number of hydrogen-bond acceptors (Lipinski definition) is 5. The maximum absolute atomic E-state index is 13.2. The molecule has 0 radical (unpaired) electrons. The highest BCUT2D eigenvalue weighted by atomic mass is 32.2. The van der Waals surface area contributed by atoms with Gasteiger partial charge in [0.25, 0.3) is 11.8 Å². The summed E-state index contributed by atoms with van der Waals surface area (Å²) in [6, 6.07) is 25.7. The average molecular weight is 402 g/mol. The van der Waals surface area contributed by atoms with E-state index in [-0.39, 0.29) is 17.5 Å². The van der Waals surface area contributed by atoms with Crippen molar-refractivity contribution in [3.63, 3.8) is 0 Å². The van der Waals surface area contributed by atoms with E-state index < -0.39 is 0 Å². The Labute approximate surface area is 173 Å². The van der Waals surface area contributed by atoms with Gasteiger partial charge in [0, 0.05) is 16.6 Å². The zero-order valence-corrected chi connectivity index (χ0v) is 16.5. The molecular weight excluding hydrogens is 384 g/mol. The summed E-state index contributed by atoms with van der Waals surface area (Å²) in [5, 5.41) is 3.13. The van der Waals surface area contributed by atoms with Gasteiger partial charge in [-0.3, -0.25) is 9.59 Å². The number of anilines is 2. The molecule has 29 heavy (non-hydrogen) atoms. The number of ether oxygens (including phenoxy) is 1. The first-order chi connectivity index (χ1) is 14.2. The van der Waals surface area contributed by atoms with Crippen LogP contribution in [0.4, 0.5) is 11.4 Å². The molecule has 1 aliphatic rings. The fraction of sp³-hybridized carbons (Fsp3) is 0.0435. The number of carbonyl (C=O) groups is 2. The Morgan fingerprint density at radius 2 is 1.52 bits per heavy atom. The van der Waals surface area contributed by atoms with Crippen molar-refractivity contribution in [1.29, 1.82) is 0 Å². The molecule has 0 unspecified atom stereocenters. The van der Waals surface area contributed by atoms with E-state index in [4.69, 9.17) is 4.74 Å². The first-order valence-electron chi connectivity index (χ1n) is 8.99. The number of benzene rings is 3. The molecule has 2 amide bonds. The Morgan fingerprint density at radius 3 is 2.21 bits per heavy atom. The average Bonchev–Trinajstić information content (AvgIpc) is 2.99. The summed E-state index contributed by atoms with van der Waals surface area (Å²) < 4.78 is 5.26. The zero-order chi connectivity index (χ0) is 20.2. The number of para-hydroxylation sites is 1. The van der Waals surface area contributed by atoms with E-state index in [2.05, 4.69) is 5.32 Å². The second kappa shape index (κ2) is 8.24. The van der Waals surface area contributed by atoms with Crippen LogP contribution in [0.3, 0.4) is 0 Å². The van der Waals surface area contributed by atoms with Gasteiger partial charge in [-0.05, 0) is 36.4 Å². The number of rotatable bonds is 6. The minimum Gasteiger partial charge on any atom is -0.497 e. The molecule has 0 spiro atoms. The number of hydrogen-bond donors (Lipinski definition) is 1. The van der Waals surface area contributed by atoms with Gasteiger partial charge in [-0.15, -0.1) is 0 Å². The summed E-state index contributed by atoms with van der Waals surface area (Å²) in [5.41, 5.74) is 1.46. The van der Waals surface area contributed by atoms with E-state index in [0.29, 0.717) is 22.0 Å². The highest BCUT2D eigenvalue weighted by Gasteiger charge is 2.40. The zero-order valence-electron chi connectivity index (χ0n) is 15.7. The fourth-order valence-corrected chi connectivity index (χ4v) is 3.93. The predicted octanol–water partition coefficient (Wildman–Crippen LogP) is 4.68. The summed E-state index contributed by atoms with van der Waals surface area (Å²) in [6.07, 6.45) is 0. The van der Waals surface area contributed by atoms with Crippen molar-refractivity contribution >= 4 is 35.0 Å². The summed E-state index contributed by atoms with van der Waals surface area (Å²) in [6.45, 7) is 0. The first-order valence-corrected chi connectivity index (χ1v) is 9.81. The Bertz CT molecular complexity index is 1080. The molecule has 3 aromatic carbocycles. The van der Waals surface area contributed by atoms with E-state index in [9.17, 15) is 9.59 Å². The van der Waals surface area contributed by atoms with Gasteiger partial charge in [0.1, 0.15) is 16.4 Å². The lowest BCUT2D eigenvalue weighted by atomic mass is 10.2. The van der Waals surface area contributed by atoms with Gasteiger partial charge in [0.2, 0.25) is 0 Å². The van der Waals surface area contributed by atoms with Crippen LogP contribution >= 0.6 is 11.8 Å². The molecule has 5 nitrogen and oxygen atoms in total. The molecule has 1 N–H and O–H groups in total. The van der Waals surface area contributed by atoms with Crippen molar-refractivity contribution in [3.8, 4) is 5.75 Å². The highest BCUT2D eigenvalue weighted by Crippen LogP contribution is 2.37. The van der Waals surface area contributed by atoms with Crippen LogP contribution in [0.25, 0.3) is 0 Å². The number of nitrogens with zero attached hydrogens (tertiary/aromatic N) is 1. The number of imide groups is 1. The molecule has 3 aromatic rings. The second-order valence-electron chi connectivity index (χ2n) is 6.26. The summed E-state index contributed by atoms with van der Waals surface area (Å²) in [4.78, 5) is 28.9. The van der Waals surface area contributed by atoms with Crippen LogP contribution in [-0.4, -0.2) is 18.9 Å². The Balaban J connectivity index is 1.74. The standard InChI is InChI=1S/C23H18N2O3S/c1-28-18-12-8-9-16(15-18)24-20-21(29-19-13-6-3-7-14-19)23(27)25(22(20)26)17-10-4-2-5-11-17/h2-15,24H,1H3. The molecule has 0 fully saturated rings. The minimum atomic E-state index is -0.387. The second-order valence-corrected chi connectivity index (χ2v) is 7.34. The SMILES string of the molecule is COc1cccc(NC2=C(Sc3ccccc3)C(=O)N(c3ccccc3)C2=O)c1. The van der Waals surface area contributed by atoms with Gasteiger partial charge < -0.3 is 10.1 Å². The molecule has 0 saturated heterocycles. The first kappa shape index (κ1) is 18.8. The van der Waals surface area contributed by atoms with Gasteiger partial charge in [-0.25, -0.2) is 4.90 Å². The van der Waals surface area contributed by atoms with Gasteiger partial charge in [-0.2, -0.15) is 0 Å². The lowest BCUT2D eigenvalue weighted by Gasteiger charge is -2.15. The van der Waals surface area contributed by atoms with Crippen molar-refractivity contribution in [2.24, 2.45) is 0 Å². The van der Waals surface area contributed by atoms with Gasteiger partial charge in [0.05, 0.1) is 12.8 Å². The monoisotopic (exact) mass is 402 g/mol. The third kappa shape index (κ3) is 3.88. The summed E-state index contributed by atoms with van der Waals surface area (Å²) >= 11 is 1.27. The fourth-order valence-electron chi connectivity index (χ4n) is 2.98. The third-order valence-corrected chi connectivity index (χ3v) is 5.45. The Hall–Kier alpha value is -3.51. The predicted molar refractivity (Wildman–Crippen MR) is 115 cm³/mol. The summed E-state index contributed by atoms with van der Waals surface area (Å²) in [7, 11) is 1.58. The molecule has 0 saturated carbocycles. The molecule has 144 valence electrons. The number of nitrogens with one attached hydrogen (secondary N) is 1. The smallest absolute Gasteiger partial charge is 0.283 e. The number of carbonyl (C=O) groups excluding carboxylic acids is 2. The maximum Gasteiger partial charge on any atom is 0.283 e. The Morgan fingerprint density at radius 1 is 0.828 bits per heavy atom. The largest absolute Gasteiger partial charge is 0.497 e. The molecule has 1 heterocycles. The summed E-state index contributed by atoms with van der Waals surface area (Å²) in [5.74, 6) is -0.0764. The van der Waals surface area contributed by atoms with Crippen molar-refractivity contribution in [2.75, 3.05) is 17.3 Å². The number of thioether (sulfide) groups is 1.